The van der Waals surface area contributed by atoms with Crippen LogP contribution < -0.4 is 5.73 Å². The third kappa shape index (κ3) is 2.07. The van der Waals surface area contributed by atoms with Gasteiger partial charge in [0.15, 0.2) is 0 Å². The van der Waals surface area contributed by atoms with E-state index in [9.17, 15) is 5.11 Å². The van der Waals surface area contributed by atoms with E-state index >= 15 is 0 Å². The summed E-state index contributed by atoms with van der Waals surface area (Å²) in [6, 6.07) is 3.20. The SMILES string of the molecule is CC(C)(C)c1cc(Cl)c(N)cc1O. The Labute approximate surface area is 83.3 Å². The largest absolute Gasteiger partial charge is 0.508 e. The van der Waals surface area contributed by atoms with Crippen LogP contribution in [0.4, 0.5) is 5.69 Å². The van der Waals surface area contributed by atoms with Gasteiger partial charge in [0, 0.05) is 11.6 Å². The van der Waals surface area contributed by atoms with Crippen molar-refractivity contribution in [1.29, 1.82) is 0 Å². The molecule has 0 aliphatic heterocycles. The van der Waals surface area contributed by atoms with Crippen molar-refractivity contribution in [1.82, 2.24) is 0 Å². The number of nitrogen functional groups attached to an aromatic ring is 1. The van der Waals surface area contributed by atoms with E-state index in [1.165, 1.54) is 6.07 Å². The zero-order valence-electron chi connectivity index (χ0n) is 8.06. The van der Waals surface area contributed by atoms with Crippen molar-refractivity contribution in [2.75, 3.05) is 5.73 Å². The molecule has 0 fully saturated rings. The molecule has 0 aromatic heterocycles. The van der Waals surface area contributed by atoms with Crippen LogP contribution in [0, 0.1) is 0 Å². The average molecular weight is 200 g/mol. The minimum atomic E-state index is -0.124. The lowest BCUT2D eigenvalue weighted by Crippen LogP contribution is -2.11. The van der Waals surface area contributed by atoms with E-state index < -0.39 is 0 Å². The predicted molar refractivity (Wildman–Crippen MR) is 56.2 cm³/mol. The molecule has 0 unspecified atom stereocenters. The van der Waals surface area contributed by atoms with Crippen molar-refractivity contribution in [3.8, 4) is 5.75 Å². The standard InChI is InChI=1S/C10H14ClNO/c1-10(2,3)6-4-7(11)8(12)5-9(6)13/h4-5,13H,12H2,1-3H3. The van der Waals surface area contributed by atoms with Crippen LogP contribution in [0.25, 0.3) is 0 Å². The number of anilines is 1. The van der Waals surface area contributed by atoms with E-state index in [0.717, 1.165) is 5.56 Å². The van der Waals surface area contributed by atoms with Crippen molar-refractivity contribution in [3.05, 3.63) is 22.7 Å². The summed E-state index contributed by atoms with van der Waals surface area (Å²) in [5.74, 6) is 0.203. The Kier molecular flexibility index (Phi) is 2.44. The Morgan fingerprint density at radius 1 is 1.31 bits per heavy atom. The maximum absolute atomic E-state index is 9.61. The van der Waals surface area contributed by atoms with Crippen molar-refractivity contribution in [3.63, 3.8) is 0 Å². The molecule has 0 aliphatic rings. The van der Waals surface area contributed by atoms with Gasteiger partial charge in [-0.3, -0.25) is 0 Å². The number of hydrogen-bond acceptors (Lipinski definition) is 2. The molecule has 0 aliphatic carbocycles. The first kappa shape index (κ1) is 10.2. The normalized spacial score (nSPS) is 11.7. The zero-order chi connectivity index (χ0) is 10.2. The van der Waals surface area contributed by atoms with Crippen molar-refractivity contribution < 1.29 is 5.11 Å². The summed E-state index contributed by atoms with van der Waals surface area (Å²) >= 11 is 5.86. The van der Waals surface area contributed by atoms with Crippen molar-refractivity contribution in [2.45, 2.75) is 26.2 Å². The van der Waals surface area contributed by atoms with Crippen molar-refractivity contribution in [2.24, 2.45) is 0 Å². The summed E-state index contributed by atoms with van der Waals surface area (Å²) < 4.78 is 0. The fourth-order valence-electron chi connectivity index (χ4n) is 1.18. The first-order chi connectivity index (χ1) is 5.82. The molecule has 0 amide bonds. The van der Waals surface area contributed by atoms with Gasteiger partial charge in [0.25, 0.3) is 0 Å². The van der Waals surface area contributed by atoms with Gasteiger partial charge in [-0.2, -0.15) is 0 Å². The molecule has 0 atom stereocenters. The fourth-order valence-corrected chi connectivity index (χ4v) is 1.34. The maximum atomic E-state index is 9.61. The summed E-state index contributed by atoms with van der Waals surface area (Å²) in [5.41, 5.74) is 6.64. The van der Waals surface area contributed by atoms with Gasteiger partial charge in [-0.15, -0.1) is 0 Å². The molecule has 1 aromatic rings. The monoisotopic (exact) mass is 199 g/mol. The summed E-state index contributed by atoms with van der Waals surface area (Å²) in [5, 5.41) is 10.1. The number of rotatable bonds is 0. The van der Waals surface area contributed by atoms with Gasteiger partial charge in [0.1, 0.15) is 5.75 Å². The van der Waals surface area contributed by atoms with E-state index in [1.807, 2.05) is 20.8 Å². The van der Waals surface area contributed by atoms with Crippen LogP contribution in [0.2, 0.25) is 5.02 Å². The molecule has 0 heterocycles. The molecule has 1 rings (SSSR count). The fraction of sp³-hybridized carbons (Fsp3) is 0.400. The molecule has 3 heteroatoms. The first-order valence-electron chi connectivity index (χ1n) is 4.11. The van der Waals surface area contributed by atoms with Crippen LogP contribution in [-0.2, 0) is 5.41 Å². The number of phenols is 1. The smallest absolute Gasteiger partial charge is 0.121 e. The lowest BCUT2D eigenvalue weighted by Gasteiger charge is -2.21. The molecule has 0 saturated carbocycles. The molecule has 0 radical (unpaired) electrons. The molecule has 0 spiro atoms. The second-order valence-electron chi connectivity index (χ2n) is 4.14. The van der Waals surface area contributed by atoms with Gasteiger partial charge >= 0.3 is 0 Å². The number of aromatic hydroxyl groups is 1. The highest BCUT2D eigenvalue weighted by molar-refractivity contribution is 6.33. The number of benzene rings is 1. The van der Waals surface area contributed by atoms with Gasteiger partial charge in [0.2, 0.25) is 0 Å². The van der Waals surface area contributed by atoms with Gasteiger partial charge < -0.3 is 10.8 Å². The van der Waals surface area contributed by atoms with Crippen LogP contribution in [-0.4, -0.2) is 5.11 Å². The van der Waals surface area contributed by atoms with Crippen LogP contribution >= 0.6 is 11.6 Å². The Balaban J connectivity index is 3.32. The molecule has 1 aromatic carbocycles. The van der Waals surface area contributed by atoms with E-state index in [-0.39, 0.29) is 11.2 Å². The number of nitrogens with two attached hydrogens (primary N) is 1. The lowest BCUT2D eigenvalue weighted by molar-refractivity contribution is 0.447. The molecular formula is C10H14ClNO. The molecule has 0 bridgehead atoms. The predicted octanol–water partition coefficient (Wildman–Crippen LogP) is 2.93. The van der Waals surface area contributed by atoms with Crippen molar-refractivity contribution >= 4 is 17.3 Å². The Bertz CT molecular complexity index is 328. The van der Waals surface area contributed by atoms with Crippen LogP contribution in [0.15, 0.2) is 12.1 Å². The molecule has 3 N–H and O–H groups in total. The molecular weight excluding hydrogens is 186 g/mol. The minimum Gasteiger partial charge on any atom is -0.508 e. The molecule has 2 nitrogen and oxygen atoms in total. The molecule has 0 saturated heterocycles. The van der Waals surface area contributed by atoms with Crippen LogP contribution in [0.1, 0.15) is 26.3 Å². The topological polar surface area (TPSA) is 46.2 Å². The second kappa shape index (κ2) is 3.11. The maximum Gasteiger partial charge on any atom is 0.121 e. The summed E-state index contributed by atoms with van der Waals surface area (Å²) in [6.07, 6.45) is 0. The highest BCUT2D eigenvalue weighted by atomic mass is 35.5. The van der Waals surface area contributed by atoms with Gasteiger partial charge in [0.05, 0.1) is 10.7 Å². The highest BCUT2D eigenvalue weighted by Gasteiger charge is 2.19. The van der Waals surface area contributed by atoms with E-state index in [2.05, 4.69) is 0 Å². The van der Waals surface area contributed by atoms with Gasteiger partial charge in [-0.05, 0) is 11.5 Å². The molecule has 72 valence electrons. The van der Waals surface area contributed by atoms with E-state index in [4.69, 9.17) is 17.3 Å². The Morgan fingerprint density at radius 2 is 1.85 bits per heavy atom. The highest BCUT2D eigenvalue weighted by Crippen LogP contribution is 2.35. The Hall–Kier alpha value is -0.890. The minimum absolute atomic E-state index is 0.124. The third-order valence-corrected chi connectivity index (χ3v) is 2.25. The second-order valence-corrected chi connectivity index (χ2v) is 4.55. The third-order valence-electron chi connectivity index (χ3n) is 1.92. The zero-order valence-corrected chi connectivity index (χ0v) is 8.81. The van der Waals surface area contributed by atoms with Gasteiger partial charge in [-0.1, -0.05) is 32.4 Å². The summed E-state index contributed by atoms with van der Waals surface area (Å²) in [6.45, 7) is 6.03. The first-order valence-corrected chi connectivity index (χ1v) is 4.48. The van der Waals surface area contributed by atoms with E-state index in [0.29, 0.717) is 10.7 Å². The molecule has 13 heavy (non-hydrogen) atoms. The number of halogens is 1. The number of phenolic OH excluding ortho intramolecular Hbond substituents is 1. The average Bonchev–Trinajstić information content (AvgIpc) is 1.94. The summed E-state index contributed by atoms with van der Waals surface area (Å²) in [7, 11) is 0. The Morgan fingerprint density at radius 3 is 2.31 bits per heavy atom. The lowest BCUT2D eigenvalue weighted by atomic mass is 9.86. The number of hydrogen-bond donors (Lipinski definition) is 2. The van der Waals surface area contributed by atoms with E-state index in [1.54, 1.807) is 6.07 Å². The summed E-state index contributed by atoms with van der Waals surface area (Å²) in [4.78, 5) is 0. The van der Waals surface area contributed by atoms with Crippen LogP contribution in [0.5, 0.6) is 5.75 Å². The van der Waals surface area contributed by atoms with Gasteiger partial charge in [-0.25, -0.2) is 0 Å². The quantitative estimate of drug-likeness (QED) is 0.632. The van der Waals surface area contributed by atoms with Crippen LogP contribution in [0.3, 0.4) is 0 Å².